The predicted molar refractivity (Wildman–Crippen MR) is 86.1 cm³/mol. The van der Waals surface area contributed by atoms with Crippen LogP contribution in [0.15, 0.2) is 48.5 Å². The van der Waals surface area contributed by atoms with Gasteiger partial charge in [0.05, 0.1) is 19.1 Å². The average Bonchev–Trinajstić information content (AvgIpc) is 2.54. The van der Waals surface area contributed by atoms with Crippen LogP contribution in [-0.2, 0) is 16.0 Å². The fourth-order valence-corrected chi connectivity index (χ4v) is 2.23. The van der Waals surface area contributed by atoms with Crippen molar-refractivity contribution >= 4 is 17.6 Å². The summed E-state index contributed by atoms with van der Waals surface area (Å²) >= 11 is 0. The number of hydrogen-bond donors (Lipinski definition) is 1. The number of ether oxygens (including phenoxy) is 1. The first kappa shape index (κ1) is 16.7. The lowest BCUT2D eigenvalue weighted by atomic mass is 10.0. The molecule has 1 atom stereocenters. The molecule has 0 saturated heterocycles. The van der Waals surface area contributed by atoms with Crippen LogP contribution in [0.25, 0.3) is 0 Å². The minimum Gasteiger partial charge on any atom is -0.465 e. The maximum Gasteiger partial charge on any atom is 0.338 e. The molecule has 0 aliphatic carbocycles. The van der Waals surface area contributed by atoms with Gasteiger partial charge >= 0.3 is 5.97 Å². The van der Waals surface area contributed by atoms with Gasteiger partial charge < -0.3 is 10.1 Å². The first-order valence-corrected chi connectivity index (χ1v) is 7.21. The van der Waals surface area contributed by atoms with Gasteiger partial charge in [-0.05, 0) is 36.2 Å². The molecule has 1 N–H and O–H groups in total. The number of benzene rings is 2. The van der Waals surface area contributed by atoms with Crippen molar-refractivity contribution in [3.8, 4) is 0 Å². The minimum absolute atomic E-state index is 0.0285. The van der Waals surface area contributed by atoms with Crippen LogP contribution in [-0.4, -0.2) is 19.0 Å². The second-order valence-corrected chi connectivity index (χ2v) is 5.12. The molecule has 4 nitrogen and oxygen atoms in total. The van der Waals surface area contributed by atoms with Crippen molar-refractivity contribution in [1.29, 1.82) is 0 Å². The smallest absolute Gasteiger partial charge is 0.338 e. The van der Waals surface area contributed by atoms with Gasteiger partial charge in [0, 0.05) is 5.69 Å². The molecule has 0 fully saturated rings. The molecule has 2 aromatic rings. The van der Waals surface area contributed by atoms with Crippen LogP contribution in [0.5, 0.6) is 0 Å². The molecule has 1 unspecified atom stereocenters. The topological polar surface area (TPSA) is 55.4 Å². The molecule has 0 radical (unpaired) electrons. The van der Waals surface area contributed by atoms with E-state index in [0.717, 1.165) is 0 Å². The molecule has 5 heteroatoms. The van der Waals surface area contributed by atoms with Crippen molar-refractivity contribution in [3.05, 3.63) is 65.2 Å². The third kappa shape index (κ3) is 4.39. The van der Waals surface area contributed by atoms with E-state index in [0.29, 0.717) is 22.4 Å². The molecule has 0 saturated carbocycles. The highest BCUT2D eigenvalue weighted by atomic mass is 19.1. The molecule has 0 spiro atoms. The van der Waals surface area contributed by atoms with Crippen molar-refractivity contribution in [2.24, 2.45) is 0 Å². The van der Waals surface area contributed by atoms with Gasteiger partial charge in [-0.3, -0.25) is 4.79 Å². The summed E-state index contributed by atoms with van der Waals surface area (Å²) in [6.07, 6.45) is -1.08. The molecular weight excluding hydrogens is 297 g/mol. The van der Waals surface area contributed by atoms with Crippen LogP contribution in [0.1, 0.15) is 34.6 Å². The summed E-state index contributed by atoms with van der Waals surface area (Å²) in [5.74, 6) is -0.772. The third-order valence-electron chi connectivity index (χ3n) is 3.40. The lowest BCUT2D eigenvalue weighted by Gasteiger charge is -2.10. The maximum atomic E-state index is 13.3. The molecule has 0 bridgehead atoms. The van der Waals surface area contributed by atoms with Crippen molar-refractivity contribution in [2.45, 2.75) is 19.5 Å². The Morgan fingerprint density at radius 3 is 2.61 bits per heavy atom. The van der Waals surface area contributed by atoms with Crippen molar-refractivity contribution in [3.63, 3.8) is 0 Å². The number of esters is 1. The van der Waals surface area contributed by atoms with E-state index in [-0.39, 0.29) is 12.3 Å². The second kappa shape index (κ2) is 7.54. The number of nitrogens with one attached hydrogen (secondary N) is 1. The summed E-state index contributed by atoms with van der Waals surface area (Å²) in [6, 6.07) is 13.4. The normalized spacial score (nSPS) is 11.6. The molecule has 1 amide bonds. The summed E-state index contributed by atoms with van der Waals surface area (Å²) in [6.45, 7) is 1.44. The number of amides is 1. The largest absolute Gasteiger partial charge is 0.465 e. The number of hydrogen-bond acceptors (Lipinski definition) is 3. The molecular formula is C18H18FNO3. The zero-order valence-corrected chi connectivity index (χ0v) is 13.0. The molecule has 120 valence electrons. The van der Waals surface area contributed by atoms with E-state index < -0.39 is 12.1 Å². The van der Waals surface area contributed by atoms with Gasteiger partial charge in [-0.15, -0.1) is 0 Å². The molecule has 0 aromatic heterocycles. The quantitative estimate of drug-likeness (QED) is 0.856. The van der Waals surface area contributed by atoms with E-state index >= 15 is 0 Å². The summed E-state index contributed by atoms with van der Waals surface area (Å²) in [5, 5.41) is 2.71. The van der Waals surface area contributed by atoms with Gasteiger partial charge in [0.1, 0.15) is 6.17 Å². The van der Waals surface area contributed by atoms with Gasteiger partial charge in [0.2, 0.25) is 5.91 Å². The SMILES string of the molecule is COC(=O)c1ccccc1CC(=O)Nc1cccc(C(C)F)c1. The van der Waals surface area contributed by atoms with E-state index in [4.69, 9.17) is 4.74 Å². The number of rotatable bonds is 5. The van der Waals surface area contributed by atoms with E-state index in [1.54, 1.807) is 48.5 Å². The number of carbonyl (C=O) groups is 2. The third-order valence-corrected chi connectivity index (χ3v) is 3.40. The summed E-state index contributed by atoms with van der Waals surface area (Å²) in [7, 11) is 1.29. The monoisotopic (exact) mass is 315 g/mol. The van der Waals surface area contributed by atoms with E-state index in [2.05, 4.69) is 5.32 Å². The number of halogens is 1. The van der Waals surface area contributed by atoms with Crippen LogP contribution in [0.2, 0.25) is 0 Å². The van der Waals surface area contributed by atoms with Crippen LogP contribution in [0.4, 0.5) is 10.1 Å². The van der Waals surface area contributed by atoms with Gasteiger partial charge in [0.15, 0.2) is 0 Å². The Morgan fingerprint density at radius 1 is 1.17 bits per heavy atom. The van der Waals surface area contributed by atoms with Gasteiger partial charge in [-0.2, -0.15) is 0 Å². The second-order valence-electron chi connectivity index (χ2n) is 5.12. The lowest BCUT2D eigenvalue weighted by molar-refractivity contribution is -0.115. The molecule has 23 heavy (non-hydrogen) atoms. The number of alkyl halides is 1. The van der Waals surface area contributed by atoms with E-state index in [1.807, 2.05) is 0 Å². The highest BCUT2D eigenvalue weighted by molar-refractivity contribution is 5.96. The zero-order valence-electron chi connectivity index (χ0n) is 13.0. The first-order valence-electron chi connectivity index (χ1n) is 7.21. The molecule has 0 aliphatic rings. The Balaban J connectivity index is 2.11. The predicted octanol–water partition coefficient (Wildman–Crippen LogP) is 3.68. The highest BCUT2D eigenvalue weighted by Crippen LogP contribution is 2.20. The van der Waals surface area contributed by atoms with Gasteiger partial charge in [-0.25, -0.2) is 9.18 Å². The van der Waals surface area contributed by atoms with Crippen LogP contribution >= 0.6 is 0 Å². The number of anilines is 1. The maximum absolute atomic E-state index is 13.3. The summed E-state index contributed by atoms with van der Waals surface area (Å²) < 4.78 is 18.0. The Labute approximate surface area is 134 Å². The standard InChI is InChI=1S/C18H18FNO3/c1-12(19)13-7-5-8-15(10-13)20-17(21)11-14-6-3-4-9-16(14)18(22)23-2/h3-10,12H,11H2,1-2H3,(H,20,21). The number of methoxy groups -OCH3 is 1. The van der Waals surface area contributed by atoms with Gasteiger partial charge in [-0.1, -0.05) is 30.3 Å². The lowest BCUT2D eigenvalue weighted by Crippen LogP contribution is -2.17. The molecule has 0 aliphatic heterocycles. The Bertz CT molecular complexity index is 713. The summed E-state index contributed by atoms with van der Waals surface area (Å²) in [5.41, 5.74) is 1.95. The molecule has 2 aromatic carbocycles. The van der Waals surface area contributed by atoms with E-state index in [9.17, 15) is 14.0 Å². The number of carbonyl (C=O) groups excluding carboxylic acids is 2. The molecule has 0 heterocycles. The molecule has 2 rings (SSSR count). The fourth-order valence-electron chi connectivity index (χ4n) is 2.23. The van der Waals surface area contributed by atoms with Crippen LogP contribution in [0, 0.1) is 0 Å². The zero-order chi connectivity index (χ0) is 16.8. The Hall–Kier alpha value is -2.69. The van der Waals surface area contributed by atoms with Crippen molar-refractivity contribution in [1.82, 2.24) is 0 Å². The van der Waals surface area contributed by atoms with Crippen LogP contribution < -0.4 is 5.32 Å². The average molecular weight is 315 g/mol. The van der Waals surface area contributed by atoms with Crippen molar-refractivity contribution in [2.75, 3.05) is 12.4 Å². The minimum atomic E-state index is -1.10. The van der Waals surface area contributed by atoms with Crippen LogP contribution in [0.3, 0.4) is 0 Å². The van der Waals surface area contributed by atoms with E-state index in [1.165, 1.54) is 14.0 Å². The fraction of sp³-hybridized carbons (Fsp3) is 0.222. The summed E-state index contributed by atoms with van der Waals surface area (Å²) in [4.78, 5) is 23.9. The Morgan fingerprint density at radius 2 is 1.91 bits per heavy atom. The van der Waals surface area contributed by atoms with Crippen molar-refractivity contribution < 1.29 is 18.7 Å². The first-order chi connectivity index (χ1) is 11.0. The van der Waals surface area contributed by atoms with Gasteiger partial charge in [0.25, 0.3) is 0 Å². The highest BCUT2D eigenvalue weighted by Gasteiger charge is 2.14. The Kier molecular flexibility index (Phi) is 5.46.